The lowest BCUT2D eigenvalue weighted by molar-refractivity contribution is 0.134. The van der Waals surface area contributed by atoms with E-state index in [1.165, 1.54) is 63.9 Å². The van der Waals surface area contributed by atoms with Crippen LogP contribution < -0.4 is 4.90 Å². The third-order valence-electron chi connectivity index (χ3n) is 6.50. The van der Waals surface area contributed by atoms with Crippen molar-refractivity contribution in [3.8, 4) is 0 Å². The zero-order valence-electron chi connectivity index (χ0n) is 18.2. The van der Waals surface area contributed by atoms with Crippen LogP contribution in [0.5, 0.6) is 0 Å². The minimum atomic E-state index is 0.655. The molecule has 0 N–H and O–H groups in total. The van der Waals surface area contributed by atoms with E-state index in [0.717, 1.165) is 13.1 Å². The Balaban J connectivity index is 1.37. The molecule has 1 atom stereocenters. The number of thioether (sulfide) groups is 1. The van der Waals surface area contributed by atoms with Gasteiger partial charge in [-0.1, -0.05) is 60.6 Å². The van der Waals surface area contributed by atoms with Crippen molar-refractivity contribution < 1.29 is 0 Å². The van der Waals surface area contributed by atoms with Gasteiger partial charge in [-0.25, -0.2) is 0 Å². The molecule has 1 fully saturated rings. The highest BCUT2D eigenvalue weighted by Crippen LogP contribution is 2.49. The molecule has 2 aliphatic rings. The van der Waals surface area contributed by atoms with Crippen molar-refractivity contribution in [2.75, 3.05) is 24.2 Å². The molecule has 5 rings (SSSR count). The number of rotatable bonds is 6. The molecule has 3 aromatic rings. The Morgan fingerprint density at radius 2 is 1.71 bits per heavy atom. The second-order valence-corrected chi connectivity index (χ2v) is 10.4. The van der Waals surface area contributed by atoms with E-state index >= 15 is 0 Å². The maximum atomic E-state index is 2.72. The molecule has 1 unspecified atom stereocenters. The number of hydrogen-bond donors (Lipinski definition) is 0. The predicted octanol–water partition coefficient (Wildman–Crippen LogP) is 7.46. The first-order valence-electron chi connectivity index (χ1n) is 11.3. The molecule has 2 aliphatic heterocycles. The van der Waals surface area contributed by atoms with E-state index in [2.05, 4.69) is 88.9 Å². The summed E-state index contributed by atoms with van der Waals surface area (Å²) in [5.41, 5.74) is 4.17. The van der Waals surface area contributed by atoms with Gasteiger partial charge in [0.25, 0.3) is 0 Å². The third-order valence-corrected chi connectivity index (χ3v) is 8.35. The minimum Gasteiger partial charge on any atom is -0.340 e. The summed E-state index contributed by atoms with van der Waals surface area (Å²) >= 11 is 3.74. The van der Waals surface area contributed by atoms with Crippen molar-refractivity contribution in [2.45, 2.75) is 53.0 Å². The number of benzene rings is 3. The standard InChI is InChI=1S/C27H30N2S2/c1-30-23-14-15-27-25(19-23)29(24-12-5-6-13-26(24)31-27)18-16-22-11-7-8-17-28(22)20-21-9-3-2-4-10-21/h2-6,9-10,12-15,19,22H,7-8,11,16-18,20H2,1H3. The summed E-state index contributed by atoms with van der Waals surface area (Å²) in [6.45, 7) is 3.36. The Hall–Kier alpha value is -1.88. The topological polar surface area (TPSA) is 6.48 Å². The molecule has 0 aromatic heterocycles. The fraction of sp³-hybridized carbons (Fsp3) is 0.333. The van der Waals surface area contributed by atoms with Crippen LogP contribution in [0.2, 0.25) is 0 Å². The molecule has 0 bridgehead atoms. The Morgan fingerprint density at radius 3 is 2.58 bits per heavy atom. The van der Waals surface area contributed by atoms with E-state index in [1.807, 2.05) is 23.5 Å². The molecule has 0 saturated carbocycles. The highest BCUT2D eigenvalue weighted by Gasteiger charge is 2.27. The molecule has 160 valence electrons. The Morgan fingerprint density at radius 1 is 0.903 bits per heavy atom. The van der Waals surface area contributed by atoms with Crippen molar-refractivity contribution in [3.05, 3.63) is 78.4 Å². The van der Waals surface area contributed by atoms with Gasteiger partial charge >= 0.3 is 0 Å². The zero-order chi connectivity index (χ0) is 21.0. The van der Waals surface area contributed by atoms with E-state index in [1.54, 1.807) is 0 Å². The van der Waals surface area contributed by atoms with Gasteiger partial charge < -0.3 is 4.90 Å². The van der Waals surface area contributed by atoms with Crippen molar-refractivity contribution in [1.82, 2.24) is 4.90 Å². The smallest absolute Gasteiger partial charge is 0.0564 e. The van der Waals surface area contributed by atoms with Crippen molar-refractivity contribution in [3.63, 3.8) is 0 Å². The van der Waals surface area contributed by atoms with Gasteiger partial charge in [-0.05, 0) is 68.0 Å². The Kier molecular flexibility index (Phi) is 6.58. The van der Waals surface area contributed by atoms with E-state index in [-0.39, 0.29) is 0 Å². The molecule has 0 spiro atoms. The maximum absolute atomic E-state index is 2.72. The second kappa shape index (κ2) is 9.72. The lowest BCUT2D eigenvalue weighted by Crippen LogP contribution is -2.41. The number of anilines is 2. The molecule has 3 aromatic carbocycles. The van der Waals surface area contributed by atoms with E-state index in [9.17, 15) is 0 Å². The van der Waals surface area contributed by atoms with E-state index < -0.39 is 0 Å². The average molecular weight is 447 g/mol. The van der Waals surface area contributed by atoms with Crippen molar-refractivity contribution in [1.29, 1.82) is 0 Å². The minimum absolute atomic E-state index is 0.655. The fourth-order valence-corrected chi connectivity index (χ4v) is 6.38. The first-order valence-corrected chi connectivity index (χ1v) is 13.4. The largest absolute Gasteiger partial charge is 0.340 e. The molecule has 1 saturated heterocycles. The summed E-state index contributed by atoms with van der Waals surface area (Å²) in [7, 11) is 0. The van der Waals surface area contributed by atoms with Crippen LogP contribution in [0, 0.1) is 0 Å². The highest BCUT2D eigenvalue weighted by atomic mass is 32.2. The van der Waals surface area contributed by atoms with Crippen molar-refractivity contribution in [2.24, 2.45) is 0 Å². The van der Waals surface area contributed by atoms with Gasteiger partial charge in [-0.3, -0.25) is 4.90 Å². The lowest BCUT2D eigenvalue weighted by Gasteiger charge is -2.39. The molecule has 31 heavy (non-hydrogen) atoms. The quantitative estimate of drug-likeness (QED) is 0.362. The van der Waals surface area contributed by atoms with Crippen LogP contribution in [0.15, 0.2) is 87.5 Å². The zero-order valence-corrected chi connectivity index (χ0v) is 19.8. The van der Waals surface area contributed by atoms with Gasteiger partial charge in [0, 0.05) is 33.8 Å². The summed E-state index contributed by atoms with van der Waals surface area (Å²) in [6.07, 6.45) is 7.37. The summed E-state index contributed by atoms with van der Waals surface area (Å²) in [4.78, 5) is 9.39. The highest BCUT2D eigenvalue weighted by molar-refractivity contribution is 8.00. The van der Waals surface area contributed by atoms with Gasteiger partial charge in [0.1, 0.15) is 0 Å². The molecule has 4 heteroatoms. The van der Waals surface area contributed by atoms with Gasteiger partial charge in [-0.15, -0.1) is 11.8 Å². The number of para-hydroxylation sites is 1. The fourth-order valence-electron chi connectivity index (χ4n) is 4.87. The van der Waals surface area contributed by atoms with E-state index in [0.29, 0.717) is 6.04 Å². The van der Waals surface area contributed by atoms with Gasteiger partial charge in [0.2, 0.25) is 0 Å². The van der Waals surface area contributed by atoms with E-state index in [4.69, 9.17) is 0 Å². The average Bonchev–Trinajstić information content (AvgIpc) is 2.83. The van der Waals surface area contributed by atoms with Crippen LogP contribution in [0.4, 0.5) is 11.4 Å². The van der Waals surface area contributed by atoms with Crippen molar-refractivity contribution >= 4 is 34.9 Å². The Bertz CT molecular complexity index is 1020. The van der Waals surface area contributed by atoms with Gasteiger partial charge in [0.05, 0.1) is 11.4 Å². The summed E-state index contributed by atoms with van der Waals surface area (Å²) < 4.78 is 0. The van der Waals surface area contributed by atoms with Crippen LogP contribution >= 0.6 is 23.5 Å². The monoisotopic (exact) mass is 446 g/mol. The SMILES string of the molecule is CSc1ccc2c(c1)N(CCC1CCCCN1Cc1ccccc1)c1ccccc1S2. The van der Waals surface area contributed by atoms with Gasteiger partial charge in [-0.2, -0.15) is 0 Å². The first-order chi connectivity index (χ1) is 15.3. The van der Waals surface area contributed by atoms with Crippen LogP contribution in [0.25, 0.3) is 0 Å². The molecule has 2 nitrogen and oxygen atoms in total. The van der Waals surface area contributed by atoms with Crippen LogP contribution in [0.3, 0.4) is 0 Å². The number of fused-ring (bicyclic) bond motifs is 2. The molecule has 0 aliphatic carbocycles. The van der Waals surface area contributed by atoms with Crippen LogP contribution in [-0.2, 0) is 6.54 Å². The normalized spacial score (nSPS) is 18.5. The number of hydrogen-bond acceptors (Lipinski definition) is 4. The van der Waals surface area contributed by atoms with Crippen LogP contribution in [0.1, 0.15) is 31.2 Å². The molecule has 0 radical (unpaired) electrons. The van der Waals surface area contributed by atoms with Crippen LogP contribution in [-0.4, -0.2) is 30.3 Å². The predicted molar refractivity (Wildman–Crippen MR) is 135 cm³/mol. The number of nitrogens with zero attached hydrogens (tertiary/aromatic N) is 2. The third kappa shape index (κ3) is 4.67. The summed E-state index contributed by atoms with van der Waals surface area (Å²) in [5, 5.41) is 0. The molecule has 2 heterocycles. The first kappa shape index (κ1) is 21.0. The van der Waals surface area contributed by atoms with Gasteiger partial charge in [0.15, 0.2) is 0 Å². The molecule has 0 amide bonds. The summed E-state index contributed by atoms with van der Waals surface area (Å²) in [5.74, 6) is 0. The maximum Gasteiger partial charge on any atom is 0.0564 e. The molecular formula is C27H30N2S2. The second-order valence-electron chi connectivity index (χ2n) is 8.45. The molecular weight excluding hydrogens is 416 g/mol. The number of piperidine rings is 1. The lowest BCUT2D eigenvalue weighted by atomic mass is 9.98. The summed E-state index contributed by atoms with van der Waals surface area (Å²) in [6, 6.07) is 27.5. The Labute approximate surface area is 195 Å². The number of likely N-dealkylation sites (tertiary alicyclic amines) is 1.